The number of oxime groups is 1. The molecular weight excluding hydrogens is 390 g/mol. The molecule has 0 saturated heterocycles. The van der Waals surface area contributed by atoms with Gasteiger partial charge in [-0.25, -0.2) is 0 Å². The molecule has 1 heterocycles. The van der Waals surface area contributed by atoms with E-state index in [0.29, 0.717) is 12.0 Å². The van der Waals surface area contributed by atoms with Crippen LogP contribution in [-0.4, -0.2) is 12.1 Å². The summed E-state index contributed by atoms with van der Waals surface area (Å²) >= 11 is 11.7. The molecular formula is C18H16Cl2F3NO2. The van der Waals surface area contributed by atoms with E-state index in [4.69, 9.17) is 32.8 Å². The van der Waals surface area contributed by atoms with E-state index in [-0.39, 0.29) is 27.4 Å². The molecule has 0 amide bonds. The highest BCUT2D eigenvalue weighted by Gasteiger charge is 2.66. The van der Waals surface area contributed by atoms with Gasteiger partial charge in [0.05, 0.1) is 5.56 Å². The van der Waals surface area contributed by atoms with Crippen LogP contribution in [0.25, 0.3) is 0 Å². The van der Waals surface area contributed by atoms with Crippen molar-refractivity contribution in [3.63, 3.8) is 0 Å². The molecule has 26 heavy (non-hydrogen) atoms. The molecule has 0 saturated carbocycles. The molecule has 1 aliphatic carbocycles. The summed E-state index contributed by atoms with van der Waals surface area (Å²) in [7, 11) is 0. The molecule has 2 atom stereocenters. The van der Waals surface area contributed by atoms with Gasteiger partial charge in [-0.1, -0.05) is 47.3 Å². The van der Waals surface area contributed by atoms with Crippen molar-refractivity contribution in [3.8, 4) is 0 Å². The largest absolute Gasteiger partial charge is 0.475 e. The van der Waals surface area contributed by atoms with Gasteiger partial charge in [-0.05, 0) is 49.5 Å². The molecule has 0 aromatic heterocycles. The number of ether oxygens (including phenoxy) is 1. The van der Waals surface area contributed by atoms with Gasteiger partial charge >= 0.3 is 12.0 Å². The van der Waals surface area contributed by atoms with Crippen molar-refractivity contribution in [2.45, 2.75) is 39.2 Å². The molecule has 0 radical (unpaired) electrons. The Bertz CT molecular complexity index is 825. The first-order chi connectivity index (χ1) is 12.0. The number of alkyl halides is 3. The van der Waals surface area contributed by atoms with Gasteiger partial charge in [-0.3, -0.25) is 0 Å². The van der Waals surface area contributed by atoms with E-state index in [9.17, 15) is 13.2 Å². The van der Waals surface area contributed by atoms with Gasteiger partial charge in [-0.15, -0.1) is 0 Å². The minimum atomic E-state index is -4.89. The van der Waals surface area contributed by atoms with Crippen molar-refractivity contribution in [2.75, 3.05) is 0 Å². The van der Waals surface area contributed by atoms with Crippen LogP contribution in [0.15, 0.2) is 46.2 Å². The van der Waals surface area contributed by atoms with Gasteiger partial charge in [0, 0.05) is 15.6 Å². The third kappa shape index (κ3) is 3.21. The Morgan fingerprint density at radius 3 is 2.31 bits per heavy atom. The minimum Gasteiger partial charge on any atom is -0.419 e. The van der Waals surface area contributed by atoms with Crippen molar-refractivity contribution < 1.29 is 22.7 Å². The lowest BCUT2D eigenvalue weighted by Crippen LogP contribution is -2.44. The lowest BCUT2D eigenvalue weighted by molar-refractivity contribution is -0.352. The van der Waals surface area contributed by atoms with Crippen LogP contribution in [0, 0.1) is 5.92 Å². The third-order valence-corrected chi connectivity index (χ3v) is 5.10. The van der Waals surface area contributed by atoms with Crippen molar-refractivity contribution in [1.29, 1.82) is 0 Å². The highest BCUT2D eigenvalue weighted by Crippen LogP contribution is 2.48. The molecule has 0 spiro atoms. The summed E-state index contributed by atoms with van der Waals surface area (Å²) in [6, 6.07) is 3.54. The fourth-order valence-corrected chi connectivity index (χ4v) is 3.51. The summed E-state index contributed by atoms with van der Waals surface area (Å²) in [4.78, 5) is 4.83. The van der Waals surface area contributed by atoms with E-state index in [0.717, 1.165) is 17.7 Å². The monoisotopic (exact) mass is 405 g/mol. The summed E-state index contributed by atoms with van der Waals surface area (Å²) in [6.45, 7) is 5.89. The molecule has 3 nitrogen and oxygen atoms in total. The third-order valence-electron chi connectivity index (χ3n) is 4.67. The zero-order chi connectivity index (χ0) is 19.3. The first kappa shape index (κ1) is 19.1. The normalized spacial score (nSPS) is 26.2. The van der Waals surface area contributed by atoms with E-state index in [2.05, 4.69) is 5.16 Å². The Morgan fingerprint density at radius 1 is 1.15 bits per heavy atom. The lowest BCUT2D eigenvalue weighted by atomic mass is 9.85. The molecule has 0 fully saturated rings. The first-order valence-corrected chi connectivity index (χ1v) is 8.66. The van der Waals surface area contributed by atoms with Crippen LogP contribution in [-0.2, 0) is 15.4 Å². The minimum absolute atomic E-state index is 0.0386. The van der Waals surface area contributed by atoms with Gasteiger partial charge < -0.3 is 9.57 Å². The maximum absolute atomic E-state index is 13.9. The molecule has 1 aromatic carbocycles. The van der Waals surface area contributed by atoms with Gasteiger partial charge in [0.15, 0.2) is 0 Å². The number of allylic oxidation sites excluding steroid dienone is 3. The van der Waals surface area contributed by atoms with Crippen LogP contribution in [0.1, 0.15) is 32.8 Å². The number of rotatable bonds is 2. The average Bonchev–Trinajstić information content (AvgIpc) is 2.97. The highest BCUT2D eigenvalue weighted by atomic mass is 35.5. The molecule has 0 bridgehead atoms. The van der Waals surface area contributed by atoms with E-state index < -0.39 is 12.0 Å². The van der Waals surface area contributed by atoms with Crippen LogP contribution in [0.2, 0.25) is 10.0 Å². The van der Waals surface area contributed by atoms with Crippen molar-refractivity contribution >= 4 is 29.1 Å². The molecule has 2 unspecified atom stereocenters. The average molecular weight is 406 g/mol. The fourth-order valence-electron chi connectivity index (χ4n) is 2.99. The molecule has 1 aromatic rings. The van der Waals surface area contributed by atoms with Gasteiger partial charge in [0.1, 0.15) is 0 Å². The zero-order valence-corrected chi connectivity index (χ0v) is 15.8. The second kappa shape index (κ2) is 6.50. The van der Waals surface area contributed by atoms with Crippen LogP contribution in [0.5, 0.6) is 0 Å². The fraction of sp³-hybridized carbons (Fsp3) is 0.389. The van der Waals surface area contributed by atoms with E-state index in [1.165, 1.54) is 11.6 Å². The summed E-state index contributed by atoms with van der Waals surface area (Å²) in [5, 5.41) is 3.68. The number of benzene rings is 1. The Hall–Kier alpha value is -1.66. The standard InChI is InChI=1S/C18H16Cl2F3NO2/c1-9-4-12(5-10(2)11(9)3)16-24-26-17(25-16,18(21,22)23)13-6-14(19)8-15(20)7-13/h4,6-8,10H,5H2,1-3H3. The Balaban J connectivity index is 2.01. The maximum atomic E-state index is 13.9. The van der Waals surface area contributed by atoms with E-state index in [1.54, 1.807) is 6.08 Å². The number of halogens is 5. The highest BCUT2D eigenvalue weighted by molar-refractivity contribution is 6.34. The predicted octanol–water partition coefficient (Wildman–Crippen LogP) is 6.37. The summed E-state index contributed by atoms with van der Waals surface area (Å²) < 4.78 is 46.9. The lowest BCUT2D eigenvalue weighted by Gasteiger charge is -2.29. The van der Waals surface area contributed by atoms with Crippen LogP contribution < -0.4 is 0 Å². The van der Waals surface area contributed by atoms with Crippen LogP contribution in [0.4, 0.5) is 13.2 Å². The zero-order valence-electron chi connectivity index (χ0n) is 14.2. The molecule has 3 rings (SSSR count). The molecule has 1 aliphatic heterocycles. The predicted molar refractivity (Wildman–Crippen MR) is 94.0 cm³/mol. The van der Waals surface area contributed by atoms with Gasteiger partial charge in [-0.2, -0.15) is 13.2 Å². The molecule has 8 heteroatoms. The second-order valence-corrected chi connectivity index (χ2v) is 7.38. The van der Waals surface area contributed by atoms with Crippen molar-refractivity contribution in [2.24, 2.45) is 11.1 Å². The van der Waals surface area contributed by atoms with Crippen LogP contribution >= 0.6 is 23.2 Å². The van der Waals surface area contributed by atoms with Gasteiger partial charge in [0.2, 0.25) is 0 Å². The molecule has 2 aliphatic rings. The number of hydrogen-bond donors (Lipinski definition) is 0. The number of hydrogen-bond acceptors (Lipinski definition) is 3. The number of nitrogens with zero attached hydrogens (tertiary/aromatic N) is 1. The Morgan fingerprint density at radius 2 is 1.77 bits per heavy atom. The summed E-state index contributed by atoms with van der Waals surface area (Å²) in [5.41, 5.74) is 2.34. The quantitative estimate of drug-likeness (QED) is 0.571. The maximum Gasteiger partial charge on any atom is 0.475 e. The summed E-state index contributed by atoms with van der Waals surface area (Å²) in [5.74, 6) is -3.09. The smallest absolute Gasteiger partial charge is 0.419 e. The van der Waals surface area contributed by atoms with E-state index in [1.807, 2.05) is 20.8 Å². The Labute approximate surface area is 159 Å². The SMILES string of the molecule is CC1=C(C)C(C)CC(C2=NOC(c3cc(Cl)cc(Cl)c3)(C(F)(F)F)O2)=C1. The van der Waals surface area contributed by atoms with Crippen molar-refractivity contribution in [3.05, 3.63) is 56.6 Å². The van der Waals surface area contributed by atoms with E-state index >= 15 is 0 Å². The first-order valence-electron chi connectivity index (χ1n) is 7.90. The van der Waals surface area contributed by atoms with Gasteiger partial charge in [0.25, 0.3) is 5.90 Å². The molecule has 0 N–H and O–H groups in total. The van der Waals surface area contributed by atoms with Crippen LogP contribution in [0.3, 0.4) is 0 Å². The second-order valence-electron chi connectivity index (χ2n) is 6.50. The summed E-state index contributed by atoms with van der Waals surface area (Å²) in [6.07, 6.45) is -2.61. The van der Waals surface area contributed by atoms with Crippen molar-refractivity contribution in [1.82, 2.24) is 0 Å². The topological polar surface area (TPSA) is 30.8 Å². The Kier molecular flexibility index (Phi) is 4.78. The molecule has 140 valence electrons.